The minimum atomic E-state index is -0.394. The highest BCUT2D eigenvalue weighted by molar-refractivity contribution is 5.59. The molecule has 0 amide bonds. The molecule has 2 nitrogen and oxygen atoms in total. The van der Waals surface area contributed by atoms with Crippen molar-refractivity contribution in [3.05, 3.63) is 35.4 Å². The summed E-state index contributed by atoms with van der Waals surface area (Å²) in [6, 6.07) is 5.80. The number of anilines is 1. The molecule has 0 aromatic heterocycles. The highest BCUT2D eigenvalue weighted by atomic mass is 16.5. The van der Waals surface area contributed by atoms with Gasteiger partial charge in [-0.05, 0) is 57.9 Å². The molecule has 87 valence electrons. The molecule has 0 saturated heterocycles. The maximum atomic E-state index is 12.0. The topological polar surface area (TPSA) is 23.1 Å². The summed E-state index contributed by atoms with van der Waals surface area (Å²) in [5, 5.41) is 13.0. The number of hydrogen-bond donors (Lipinski definition) is 0. The van der Waals surface area contributed by atoms with Crippen molar-refractivity contribution in [3.63, 3.8) is 0 Å². The zero-order valence-electron chi connectivity index (χ0n) is 10.7. The molecule has 1 rings (SSSR count). The number of hydroxylamine groups is 1. The largest absolute Gasteiger partial charge is 0.215 e. The van der Waals surface area contributed by atoms with Crippen LogP contribution in [-0.2, 0) is 5.21 Å². The van der Waals surface area contributed by atoms with Crippen LogP contribution >= 0.6 is 0 Å². The molecule has 0 atom stereocenters. The first-order valence-electron chi connectivity index (χ1n) is 5.57. The van der Waals surface area contributed by atoms with E-state index >= 15 is 0 Å². The number of aryl methyl sites for hydroxylation is 1. The van der Waals surface area contributed by atoms with Gasteiger partial charge in [0.15, 0.2) is 0 Å². The summed E-state index contributed by atoms with van der Waals surface area (Å²) in [6.07, 6.45) is 4.05. The van der Waals surface area contributed by atoms with Gasteiger partial charge in [-0.2, -0.15) is 0 Å². The smallest absolute Gasteiger partial charge is 0.0677 e. The minimum absolute atomic E-state index is 0.394. The van der Waals surface area contributed by atoms with Crippen molar-refractivity contribution in [1.29, 1.82) is 0 Å². The monoisotopic (exact) mass is 218 g/mol. The van der Waals surface area contributed by atoms with Gasteiger partial charge in [0.25, 0.3) is 0 Å². The number of hydrogen-bond acceptors (Lipinski definition) is 1. The Balaban J connectivity index is 3.06. The average molecular weight is 218 g/mol. The fraction of sp³-hybridized carbons (Fsp3) is 0.429. The van der Waals surface area contributed by atoms with Crippen LogP contribution in [0.15, 0.2) is 24.3 Å². The lowest BCUT2D eigenvalue weighted by atomic mass is 10.0. The van der Waals surface area contributed by atoms with E-state index in [0.29, 0.717) is 0 Å². The van der Waals surface area contributed by atoms with Gasteiger partial charge in [0.05, 0.1) is 11.2 Å². The Hall–Kier alpha value is -1.28. The van der Waals surface area contributed by atoms with Crippen LogP contribution in [0.5, 0.6) is 0 Å². The molecule has 0 aliphatic rings. The van der Waals surface area contributed by atoms with Crippen LogP contribution in [0.4, 0.5) is 5.69 Å². The Morgan fingerprint density at radius 2 is 1.88 bits per heavy atom. The minimum Gasteiger partial charge on any atom is -0.215 e. The number of benzene rings is 1. The SMILES string of the molecule is C/C=C/c1ccc(N([O])C(C)(C)C)cc1C. The molecule has 0 fully saturated rings. The zero-order valence-corrected chi connectivity index (χ0v) is 10.7. The number of allylic oxidation sites excluding steroid dienone is 1. The summed E-state index contributed by atoms with van der Waals surface area (Å²) < 4.78 is 0. The highest BCUT2D eigenvalue weighted by Crippen LogP contribution is 2.24. The second-order valence-corrected chi connectivity index (χ2v) is 5.01. The van der Waals surface area contributed by atoms with Gasteiger partial charge in [0, 0.05) is 0 Å². The van der Waals surface area contributed by atoms with E-state index in [-0.39, 0.29) is 0 Å². The fourth-order valence-corrected chi connectivity index (χ4v) is 1.54. The predicted molar refractivity (Wildman–Crippen MR) is 68.8 cm³/mol. The molecule has 0 saturated carbocycles. The molecule has 0 heterocycles. The second-order valence-electron chi connectivity index (χ2n) is 5.01. The van der Waals surface area contributed by atoms with Crippen molar-refractivity contribution in [2.75, 3.05) is 5.06 Å². The van der Waals surface area contributed by atoms with Crippen molar-refractivity contribution in [2.45, 2.75) is 40.2 Å². The van der Waals surface area contributed by atoms with Gasteiger partial charge in [-0.1, -0.05) is 23.4 Å². The molecule has 1 aromatic rings. The Kier molecular flexibility index (Phi) is 3.76. The summed E-state index contributed by atoms with van der Waals surface area (Å²) >= 11 is 0. The van der Waals surface area contributed by atoms with E-state index in [1.165, 1.54) is 0 Å². The summed E-state index contributed by atoms with van der Waals surface area (Å²) in [7, 11) is 0. The van der Waals surface area contributed by atoms with Crippen LogP contribution < -0.4 is 5.06 Å². The van der Waals surface area contributed by atoms with Crippen molar-refractivity contribution in [1.82, 2.24) is 0 Å². The third-order valence-electron chi connectivity index (χ3n) is 2.44. The lowest BCUT2D eigenvalue weighted by molar-refractivity contribution is 0.102. The van der Waals surface area contributed by atoms with E-state index < -0.39 is 5.54 Å². The molecule has 2 heteroatoms. The second kappa shape index (κ2) is 4.71. The summed E-state index contributed by atoms with van der Waals surface area (Å²) in [4.78, 5) is 0. The van der Waals surface area contributed by atoms with Crippen molar-refractivity contribution >= 4 is 11.8 Å². The van der Waals surface area contributed by atoms with E-state index in [1.807, 2.05) is 65.0 Å². The van der Waals surface area contributed by atoms with Crippen LogP contribution in [0, 0.1) is 6.92 Å². The molecule has 16 heavy (non-hydrogen) atoms. The fourth-order valence-electron chi connectivity index (χ4n) is 1.54. The maximum absolute atomic E-state index is 12.0. The van der Waals surface area contributed by atoms with Crippen LogP contribution in [-0.4, -0.2) is 5.54 Å². The molecular weight excluding hydrogens is 198 g/mol. The van der Waals surface area contributed by atoms with E-state index in [0.717, 1.165) is 21.9 Å². The molecule has 0 aliphatic heterocycles. The molecule has 0 spiro atoms. The summed E-state index contributed by atoms with van der Waals surface area (Å²) in [6.45, 7) is 9.75. The first-order chi connectivity index (χ1) is 7.36. The Bertz CT molecular complexity index is 388. The Morgan fingerprint density at radius 3 is 2.31 bits per heavy atom. The van der Waals surface area contributed by atoms with Crippen LogP contribution in [0.1, 0.15) is 38.8 Å². The standard InChI is InChI=1S/C14H20NO/c1-6-7-12-8-9-13(10-11(12)2)15(16)14(3,4)5/h6-10H,1-5H3/b7-6+. The third-order valence-corrected chi connectivity index (χ3v) is 2.44. The van der Waals surface area contributed by atoms with Gasteiger partial charge in [0.1, 0.15) is 0 Å². The molecule has 0 N–H and O–H groups in total. The molecule has 0 aliphatic carbocycles. The van der Waals surface area contributed by atoms with Gasteiger partial charge in [0.2, 0.25) is 0 Å². The average Bonchev–Trinajstić information content (AvgIpc) is 2.19. The van der Waals surface area contributed by atoms with Crippen molar-refractivity contribution < 1.29 is 5.21 Å². The number of rotatable bonds is 2. The molecule has 1 radical (unpaired) electrons. The van der Waals surface area contributed by atoms with E-state index in [9.17, 15) is 5.21 Å². The molecule has 1 aromatic carbocycles. The van der Waals surface area contributed by atoms with Gasteiger partial charge in [-0.25, -0.2) is 5.06 Å². The van der Waals surface area contributed by atoms with Crippen molar-refractivity contribution in [2.24, 2.45) is 0 Å². The van der Waals surface area contributed by atoms with Crippen LogP contribution in [0.2, 0.25) is 0 Å². The summed E-state index contributed by atoms with van der Waals surface area (Å²) in [5.41, 5.74) is 2.61. The van der Waals surface area contributed by atoms with E-state index in [2.05, 4.69) is 0 Å². The van der Waals surface area contributed by atoms with Crippen LogP contribution in [0.25, 0.3) is 6.08 Å². The molecule has 0 unspecified atom stereocenters. The first kappa shape index (κ1) is 12.8. The van der Waals surface area contributed by atoms with Gasteiger partial charge in [-0.3, -0.25) is 0 Å². The van der Waals surface area contributed by atoms with E-state index in [1.54, 1.807) is 0 Å². The quantitative estimate of drug-likeness (QED) is 0.689. The zero-order chi connectivity index (χ0) is 12.3. The Labute approximate surface area is 98.2 Å². The first-order valence-corrected chi connectivity index (χ1v) is 5.57. The van der Waals surface area contributed by atoms with Gasteiger partial charge >= 0.3 is 0 Å². The van der Waals surface area contributed by atoms with E-state index in [4.69, 9.17) is 0 Å². The van der Waals surface area contributed by atoms with Crippen molar-refractivity contribution in [3.8, 4) is 0 Å². The summed E-state index contributed by atoms with van der Waals surface area (Å²) in [5.74, 6) is 0. The Morgan fingerprint density at radius 1 is 1.25 bits per heavy atom. The maximum Gasteiger partial charge on any atom is 0.0677 e. The lowest BCUT2D eigenvalue weighted by Crippen LogP contribution is -2.37. The normalized spacial score (nSPS) is 12.1. The molecular formula is C14H20NO. The van der Waals surface area contributed by atoms with Gasteiger partial charge < -0.3 is 0 Å². The highest BCUT2D eigenvalue weighted by Gasteiger charge is 2.21. The lowest BCUT2D eigenvalue weighted by Gasteiger charge is -2.29. The number of nitrogens with zero attached hydrogens (tertiary/aromatic N) is 1. The van der Waals surface area contributed by atoms with Crippen LogP contribution in [0.3, 0.4) is 0 Å². The third kappa shape index (κ3) is 2.86. The molecule has 0 bridgehead atoms. The predicted octanol–water partition coefficient (Wildman–Crippen LogP) is 3.98. The van der Waals surface area contributed by atoms with Gasteiger partial charge in [-0.15, -0.1) is 0 Å².